The monoisotopic (exact) mass is 421 g/mol. The Morgan fingerprint density at radius 3 is 2.83 bits per heavy atom. The highest BCUT2D eigenvalue weighted by Crippen LogP contribution is 2.32. The molecule has 4 aromatic rings. The van der Waals surface area contributed by atoms with Gasteiger partial charge in [-0.3, -0.25) is 4.79 Å². The van der Waals surface area contributed by atoms with Gasteiger partial charge in [-0.1, -0.05) is 6.07 Å². The molecule has 0 aliphatic carbocycles. The highest BCUT2D eigenvalue weighted by atomic mass is 32.1. The lowest BCUT2D eigenvalue weighted by Crippen LogP contribution is -2.42. The molecule has 1 atom stereocenters. The van der Waals surface area contributed by atoms with Crippen molar-refractivity contribution < 1.29 is 14.3 Å². The Bertz CT molecular complexity index is 1210. The van der Waals surface area contributed by atoms with Gasteiger partial charge in [0.2, 0.25) is 0 Å². The maximum atomic E-state index is 13.2. The Labute approximate surface area is 177 Å². The molecule has 1 amide bonds. The standard InChI is InChI=1S/C23H20FN3O2S/c24-16-8-6-15(7-9-16)22-25-19(14-30-22)21-12-18(20-5-1-2-11-27(20)21)23(29)26-10-3-4-17(28)13-26/h1-2,5-9,11-12,14,17,28H,3-4,10,13H2/t17-/m1/s1. The Hall–Kier alpha value is -3.03. The van der Waals surface area contributed by atoms with E-state index in [2.05, 4.69) is 0 Å². The number of benzene rings is 1. The van der Waals surface area contributed by atoms with Crippen molar-refractivity contribution in [1.29, 1.82) is 0 Å². The van der Waals surface area contributed by atoms with E-state index in [4.69, 9.17) is 4.98 Å². The summed E-state index contributed by atoms with van der Waals surface area (Å²) in [6, 6.07) is 13.9. The number of thiazole rings is 1. The minimum atomic E-state index is -0.465. The second-order valence-electron chi connectivity index (χ2n) is 7.49. The molecule has 1 aliphatic heterocycles. The van der Waals surface area contributed by atoms with Crippen molar-refractivity contribution in [2.45, 2.75) is 18.9 Å². The second-order valence-corrected chi connectivity index (χ2v) is 8.35. The summed E-state index contributed by atoms with van der Waals surface area (Å²) >= 11 is 1.48. The first-order chi connectivity index (χ1) is 14.6. The number of aliphatic hydroxyl groups is 1. The molecule has 1 saturated heterocycles. The van der Waals surface area contributed by atoms with Gasteiger partial charge in [0.25, 0.3) is 5.91 Å². The van der Waals surface area contributed by atoms with Gasteiger partial charge >= 0.3 is 0 Å². The zero-order valence-corrected chi connectivity index (χ0v) is 17.0. The predicted octanol–water partition coefficient (Wildman–Crippen LogP) is 4.47. The number of pyridine rings is 1. The Morgan fingerprint density at radius 1 is 1.20 bits per heavy atom. The lowest BCUT2D eigenvalue weighted by Gasteiger charge is -2.30. The maximum Gasteiger partial charge on any atom is 0.256 e. The molecule has 0 saturated carbocycles. The second kappa shape index (κ2) is 7.66. The molecule has 7 heteroatoms. The van der Waals surface area contributed by atoms with E-state index in [-0.39, 0.29) is 11.7 Å². The van der Waals surface area contributed by atoms with Crippen LogP contribution >= 0.6 is 11.3 Å². The van der Waals surface area contributed by atoms with Gasteiger partial charge in [0.1, 0.15) is 10.8 Å². The number of nitrogens with zero attached hydrogens (tertiary/aromatic N) is 3. The molecule has 1 aliphatic rings. The molecule has 4 heterocycles. The van der Waals surface area contributed by atoms with Crippen LogP contribution in [0.3, 0.4) is 0 Å². The van der Waals surface area contributed by atoms with Crippen LogP contribution in [-0.2, 0) is 0 Å². The van der Waals surface area contributed by atoms with Crippen LogP contribution in [0.4, 0.5) is 4.39 Å². The summed E-state index contributed by atoms with van der Waals surface area (Å²) in [6.07, 6.45) is 2.99. The number of fused-ring (bicyclic) bond motifs is 1. The van der Waals surface area contributed by atoms with E-state index in [1.807, 2.05) is 40.2 Å². The largest absolute Gasteiger partial charge is 0.391 e. The van der Waals surface area contributed by atoms with Crippen LogP contribution in [0.5, 0.6) is 0 Å². The topological polar surface area (TPSA) is 57.8 Å². The molecule has 0 unspecified atom stereocenters. The average Bonchev–Trinajstić information content (AvgIpc) is 3.39. The van der Waals surface area contributed by atoms with E-state index in [1.54, 1.807) is 17.0 Å². The molecule has 30 heavy (non-hydrogen) atoms. The highest BCUT2D eigenvalue weighted by molar-refractivity contribution is 7.13. The number of rotatable bonds is 3. The van der Waals surface area contributed by atoms with Crippen molar-refractivity contribution in [3.05, 3.63) is 71.5 Å². The SMILES string of the molecule is O=C(c1cc(-c2csc(-c3ccc(F)cc3)n2)n2ccccc12)N1CCC[C@@H](O)C1. The van der Waals surface area contributed by atoms with Crippen LogP contribution in [0.25, 0.3) is 27.5 Å². The minimum Gasteiger partial charge on any atom is -0.391 e. The van der Waals surface area contributed by atoms with E-state index in [1.165, 1.54) is 23.5 Å². The minimum absolute atomic E-state index is 0.0716. The predicted molar refractivity (Wildman–Crippen MR) is 115 cm³/mol. The Balaban J connectivity index is 1.54. The molecular weight excluding hydrogens is 401 g/mol. The number of aliphatic hydroxyl groups excluding tert-OH is 1. The number of likely N-dealkylation sites (tertiary alicyclic amines) is 1. The smallest absolute Gasteiger partial charge is 0.256 e. The van der Waals surface area contributed by atoms with Crippen molar-refractivity contribution in [2.24, 2.45) is 0 Å². The first-order valence-electron chi connectivity index (χ1n) is 9.89. The fraction of sp³-hybridized carbons (Fsp3) is 0.217. The summed E-state index contributed by atoms with van der Waals surface area (Å²) in [5.74, 6) is -0.350. The summed E-state index contributed by atoms with van der Waals surface area (Å²) in [5.41, 5.74) is 3.87. The van der Waals surface area contributed by atoms with Crippen molar-refractivity contribution >= 4 is 22.8 Å². The normalized spacial score (nSPS) is 16.9. The Kier molecular flexibility index (Phi) is 4.84. The molecule has 152 valence electrons. The number of aromatic nitrogens is 2. The van der Waals surface area contributed by atoms with Crippen molar-refractivity contribution in [3.63, 3.8) is 0 Å². The van der Waals surface area contributed by atoms with E-state index in [0.717, 1.165) is 40.3 Å². The summed E-state index contributed by atoms with van der Waals surface area (Å²) in [5, 5.41) is 12.7. The van der Waals surface area contributed by atoms with Crippen molar-refractivity contribution in [3.8, 4) is 22.0 Å². The van der Waals surface area contributed by atoms with Gasteiger partial charge in [-0.05, 0) is 55.3 Å². The van der Waals surface area contributed by atoms with E-state index in [9.17, 15) is 14.3 Å². The number of hydrogen-bond acceptors (Lipinski definition) is 4. The van der Waals surface area contributed by atoms with Crippen LogP contribution in [-0.4, -0.2) is 44.5 Å². The van der Waals surface area contributed by atoms with Gasteiger partial charge in [0.15, 0.2) is 0 Å². The first-order valence-corrected chi connectivity index (χ1v) is 10.8. The summed E-state index contributed by atoms with van der Waals surface area (Å²) < 4.78 is 15.2. The number of halogens is 1. The van der Waals surface area contributed by atoms with Crippen LogP contribution in [0.15, 0.2) is 60.1 Å². The first kappa shape index (κ1) is 19.0. The Morgan fingerprint density at radius 2 is 2.03 bits per heavy atom. The van der Waals surface area contributed by atoms with Crippen LogP contribution in [0.1, 0.15) is 23.2 Å². The van der Waals surface area contributed by atoms with Gasteiger partial charge < -0.3 is 14.4 Å². The number of hydrogen-bond donors (Lipinski definition) is 1. The molecule has 0 radical (unpaired) electrons. The highest BCUT2D eigenvalue weighted by Gasteiger charge is 2.26. The molecule has 5 rings (SSSR count). The zero-order chi connectivity index (χ0) is 20.7. The lowest BCUT2D eigenvalue weighted by atomic mass is 10.1. The number of amides is 1. The summed E-state index contributed by atoms with van der Waals surface area (Å²) in [7, 11) is 0. The third-order valence-electron chi connectivity index (χ3n) is 5.45. The molecule has 1 fully saturated rings. The zero-order valence-electron chi connectivity index (χ0n) is 16.2. The van der Waals surface area contributed by atoms with Gasteiger partial charge in [-0.15, -0.1) is 11.3 Å². The summed E-state index contributed by atoms with van der Waals surface area (Å²) in [6.45, 7) is 1.02. The van der Waals surface area contributed by atoms with Gasteiger partial charge in [0.05, 0.1) is 28.6 Å². The molecular formula is C23H20FN3O2S. The van der Waals surface area contributed by atoms with Crippen molar-refractivity contribution in [2.75, 3.05) is 13.1 Å². The quantitative estimate of drug-likeness (QED) is 0.531. The fourth-order valence-electron chi connectivity index (χ4n) is 3.95. The third-order valence-corrected chi connectivity index (χ3v) is 6.34. The molecule has 3 aromatic heterocycles. The average molecular weight is 421 g/mol. The number of β-amino-alcohol motifs (C(OH)–C–C–N with tert-alkyl or cyclic N) is 1. The molecule has 1 N–H and O–H groups in total. The fourth-order valence-corrected chi connectivity index (χ4v) is 4.77. The van der Waals surface area contributed by atoms with Gasteiger partial charge in [-0.25, -0.2) is 9.37 Å². The van der Waals surface area contributed by atoms with Crippen LogP contribution in [0, 0.1) is 5.82 Å². The van der Waals surface area contributed by atoms with Crippen LogP contribution < -0.4 is 0 Å². The number of piperidine rings is 1. The van der Waals surface area contributed by atoms with E-state index >= 15 is 0 Å². The van der Waals surface area contributed by atoms with E-state index < -0.39 is 6.10 Å². The van der Waals surface area contributed by atoms with Crippen molar-refractivity contribution in [1.82, 2.24) is 14.3 Å². The third kappa shape index (κ3) is 3.40. The molecule has 5 nitrogen and oxygen atoms in total. The molecule has 0 spiro atoms. The number of carbonyl (C=O) groups is 1. The molecule has 1 aromatic carbocycles. The van der Waals surface area contributed by atoms with E-state index in [0.29, 0.717) is 18.7 Å². The molecule has 0 bridgehead atoms. The van der Waals surface area contributed by atoms with Gasteiger partial charge in [0, 0.05) is 30.2 Å². The maximum absolute atomic E-state index is 13.2. The summed E-state index contributed by atoms with van der Waals surface area (Å²) in [4.78, 5) is 19.7. The van der Waals surface area contributed by atoms with Crippen LogP contribution in [0.2, 0.25) is 0 Å². The lowest BCUT2D eigenvalue weighted by molar-refractivity contribution is 0.0475. The van der Waals surface area contributed by atoms with Gasteiger partial charge in [-0.2, -0.15) is 0 Å². The number of carbonyl (C=O) groups excluding carboxylic acids is 1.